The number of nitrogens with one attached hydrogen (secondary N) is 1. The van der Waals surface area contributed by atoms with Gasteiger partial charge in [-0.25, -0.2) is 0 Å². The van der Waals surface area contributed by atoms with E-state index in [9.17, 15) is 4.79 Å². The first kappa shape index (κ1) is 11.6. The second-order valence-corrected chi connectivity index (χ2v) is 3.43. The van der Waals surface area contributed by atoms with Crippen molar-refractivity contribution in [3.8, 4) is 0 Å². The standard InChI is InChI=1S/C9H16N4O2/c1-6(3-4-10)9(14)11-5-8-12-7(2)15-13-8/h6H,3-5,10H2,1-2H3,(H,11,14). The zero-order valence-electron chi connectivity index (χ0n) is 8.99. The van der Waals surface area contributed by atoms with E-state index >= 15 is 0 Å². The molecule has 1 atom stereocenters. The Labute approximate surface area is 88.2 Å². The van der Waals surface area contributed by atoms with Crippen molar-refractivity contribution in [2.45, 2.75) is 26.8 Å². The van der Waals surface area contributed by atoms with Crippen molar-refractivity contribution in [3.63, 3.8) is 0 Å². The van der Waals surface area contributed by atoms with E-state index < -0.39 is 0 Å². The molecule has 3 N–H and O–H groups in total. The molecule has 0 aliphatic carbocycles. The van der Waals surface area contributed by atoms with Crippen molar-refractivity contribution >= 4 is 5.91 Å². The highest BCUT2D eigenvalue weighted by atomic mass is 16.5. The fraction of sp³-hybridized carbons (Fsp3) is 0.667. The van der Waals surface area contributed by atoms with Gasteiger partial charge in [0.05, 0.1) is 6.54 Å². The van der Waals surface area contributed by atoms with Crippen molar-refractivity contribution in [3.05, 3.63) is 11.7 Å². The van der Waals surface area contributed by atoms with E-state index in [1.807, 2.05) is 6.92 Å². The van der Waals surface area contributed by atoms with Crippen LogP contribution in [0.25, 0.3) is 0 Å². The Morgan fingerprint density at radius 1 is 1.67 bits per heavy atom. The number of hydrogen-bond donors (Lipinski definition) is 2. The first-order valence-corrected chi connectivity index (χ1v) is 4.90. The molecule has 84 valence electrons. The SMILES string of the molecule is Cc1nc(CNC(=O)C(C)CCN)no1. The third-order valence-electron chi connectivity index (χ3n) is 2.04. The van der Waals surface area contributed by atoms with E-state index in [0.29, 0.717) is 31.2 Å². The van der Waals surface area contributed by atoms with Gasteiger partial charge in [0, 0.05) is 12.8 Å². The van der Waals surface area contributed by atoms with Crippen molar-refractivity contribution in [2.75, 3.05) is 6.54 Å². The summed E-state index contributed by atoms with van der Waals surface area (Å²) in [6, 6.07) is 0. The van der Waals surface area contributed by atoms with Crippen molar-refractivity contribution in [2.24, 2.45) is 11.7 Å². The van der Waals surface area contributed by atoms with Gasteiger partial charge >= 0.3 is 0 Å². The average molecular weight is 212 g/mol. The number of nitrogens with two attached hydrogens (primary N) is 1. The molecule has 1 aromatic heterocycles. The van der Waals surface area contributed by atoms with Crippen molar-refractivity contribution < 1.29 is 9.32 Å². The highest BCUT2D eigenvalue weighted by molar-refractivity contribution is 5.78. The third kappa shape index (κ3) is 3.67. The van der Waals surface area contributed by atoms with E-state index in [-0.39, 0.29) is 11.8 Å². The van der Waals surface area contributed by atoms with Gasteiger partial charge in [-0.1, -0.05) is 12.1 Å². The number of carbonyl (C=O) groups excluding carboxylic acids is 1. The van der Waals surface area contributed by atoms with E-state index in [4.69, 9.17) is 10.3 Å². The molecule has 0 bridgehead atoms. The highest BCUT2D eigenvalue weighted by Gasteiger charge is 2.12. The Morgan fingerprint density at radius 2 is 2.40 bits per heavy atom. The fourth-order valence-corrected chi connectivity index (χ4v) is 1.13. The molecular formula is C9H16N4O2. The van der Waals surface area contributed by atoms with Gasteiger partial charge in [0.1, 0.15) is 0 Å². The molecule has 6 heteroatoms. The van der Waals surface area contributed by atoms with Gasteiger partial charge in [-0.3, -0.25) is 4.79 Å². The lowest BCUT2D eigenvalue weighted by molar-refractivity contribution is -0.124. The molecule has 1 rings (SSSR count). The van der Waals surface area contributed by atoms with Crippen LogP contribution in [0.3, 0.4) is 0 Å². The zero-order valence-corrected chi connectivity index (χ0v) is 8.99. The second kappa shape index (κ2) is 5.45. The maximum atomic E-state index is 11.5. The van der Waals surface area contributed by atoms with Crippen LogP contribution in [0.1, 0.15) is 25.1 Å². The fourth-order valence-electron chi connectivity index (χ4n) is 1.13. The summed E-state index contributed by atoms with van der Waals surface area (Å²) in [6.45, 7) is 4.35. The van der Waals surface area contributed by atoms with Gasteiger partial charge in [-0.05, 0) is 13.0 Å². The average Bonchev–Trinajstić information content (AvgIpc) is 2.61. The van der Waals surface area contributed by atoms with Crippen molar-refractivity contribution in [1.29, 1.82) is 0 Å². The van der Waals surface area contributed by atoms with Gasteiger partial charge in [-0.15, -0.1) is 0 Å². The second-order valence-electron chi connectivity index (χ2n) is 3.43. The predicted octanol–water partition coefficient (Wildman–Crippen LogP) is -0.0209. The molecule has 0 spiro atoms. The molecule has 0 aliphatic heterocycles. The summed E-state index contributed by atoms with van der Waals surface area (Å²) in [5, 5.41) is 6.38. The van der Waals surface area contributed by atoms with Crippen LogP contribution in [0.2, 0.25) is 0 Å². The summed E-state index contributed by atoms with van der Waals surface area (Å²) >= 11 is 0. The molecule has 0 aliphatic rings. The summed E-state index contributed by atoms with van der Waals surface area (Å²) in [7, 11) is 0. The molecule has 15 heavy (non-hydrogen) atoms. The summed E-state index contributed by atoms with van der Waals surface area (Å²) in [4.78, 5) is 15.4. The smallest absolute Gasteiger partial charge is 0.223 e. The van der Waals surface area contributed by atoms with Crippen LogP contribution >= 0.6 is 0 Å². The minimum absolute atomic E-state index is 0.0390. The largest absolute Gasteiger partial charge is 0.348 e. The van der Waals surface area contributed by atoms with Crippen LogP contribution in [-0.4, -0.2) is 22.6 Å². The summed E-state index contributed by atoms with van der Waals surface area (Å²) < 4.78 is 4.77. The maximum Gasteiger partial charge on any atom is 0.223 e. The topological polar surface area (TPSA) is 94.0 Å². The van der Waals surface area contributed by atoms with Gasteiger partial charge < -0.3 is 15.6 Å². The number of rotatable bonds is 5. The summed E-state index contributed by atoms with van der Waals surface area (Å²) in [5.41, 5.74) is 5.36. The molecule has 1 aromatic rings. The van der Waals surface area contributed by atoms with Gasteiger partial charge in [0.25, 0.3) is 0 Å². The minimum Gasteiger partial charge on any atom is -0.348 e. The molecule has 6 nitrogen and oxygen atoms in total. The van der Waals surface area contributed by atoms with E-state index in [2.05, 4.69) is 15.5 Å². The molecular weight excluding hydrogens is 196 g/mol. The Kier molecular flexibility index (Phi) is 4.23. The molecule has 0 radical (unpaired) electrons. The monoisotopic (exact) mass is 212 g/mol. The van der Waals surface area contributed by atoms with Gasteiger partial charge in [0.15, 0.2) is 5.82 Å². The number of aromatic nitrogens is 2. The molecule has 1 heterocycles. The van der Waals surface area contributed by atoms with Gasteiger partial charge in [0.2, 0.25) is 11.8 Å². The first-order valence-electron chi connectivity index (χ1n) is 4.90. The molecule has 1 amide bonds. The third-order valence-corrected chi connectivity index (χ3v) is 2.04. The maximum absolute atomic E-state index is 11.5. The Morgan fingerprint density at radius 3 is 2.93 bits per heavy atom. The van der Waals surface area contributed by atoms with E-state index in [1.165, 1.54) is 0 Å². The lowest BCUT2D eigenvalue weighted by Gasteiger charge is -2.08. The molecule has 1 unspecified atom stereocenters. The summed E-state index contributed by atoms with van der Waals surface area (Å²) in [5.74, 6) is 0.862. The molecule has 0 saturated carbocycles. The summed E-state index contributed by atoms with van der Waals surface area (Å²) in [6.07, 6.45) is 0.678. The Balaban J connectivity index is 2.34. The number of hydrogen-bond acceptors (Lipinski definition) is 5. The number of carbonyl (C=O) groups is 1. The minimum atomic E-state index is -0.0806. The van der Waals surface area contributed by atoms with Crippen LogP contribution in [0.15, 0.2) is 4.52 Å². The van der Waals surface area contributed by atoms with Gasteiger partial charge in [-0.2, -0.15) is 4.98 Å². The van der Waals surface area contributed by atoms with Crippen molar-refractivity contribution in [1.82, 2.24) is 15.5 Å². The Hall–Kier alpha value is -1.43. The number of nitrogens with zero attached hydrogens (tertiary/aromatic N) is 2. The number of aryl methyl sites for hydroxylation is 1. The molecule has 0 aromatic carbocycles. The number of amides is 1. The van der Waals surface area contributed by atoms with Crippen LogP contribution in [-0.2, 0) is 11.3 Å². The van der Waals surface area contributed by atoms with E-state index in [0.717, 1.165) is 0 Å². The van der Waals surface area contributed by atoms with Crippen LogP contribution in [0.4, 0.5) is 0 Å². The van der Waals surface area contributed by atoms with E-state index in [1.54, 1.807) is 6.92 Å². The first-order chi connectivity index (χ1) is 7.13. The molecule has 0 fully saturated rings. The normalized spacial score (nSPS) is 12.5. The predicted molar refractivity (Wildman–Crippen MR) is 53.7 cm³/mol. The quantitative estimate of drug-likeness (QED) is 0.715. The lowest BCUT2D eigenvalue weighted by atomic mass is 10.1. The highest BCUT2D eigenvalue weighted by Crippen LogP contribution is 2.00. The molecule has 0 saturated heterocycles. The van der Waals surface area contributed by atoms with Crippen LogP contribution in [0.5, 0.6) is 0 Å². The van der Waals surface area contributed by atoms with Crippen LogP contribution < -0.4 is 11.1 Å². The Bertz CT molecular complexity index is 324. The lowest BCUT2D eigenvalue weighted by Crippen LogP contribution is -2.30. The van der Waals surface area contributed by atoms with Crippen LogP contribution in [0, 0.1) is 12.8 Å². The zero-order chi connectivity index (χ0) is 11.3.